The molecule has 1 N–H and O–H groups in total. The second-order valence-corrected chi connectivity index (χ2v) is 4.26. The van der Waals surface area contributed by atoms with Gasteiger partial charge in [-0.05, 0) is 54.1 Å². The van der Waals surface area contributed by atoms with Crippen LogP contribution in [0.1, 0.15) is 12.5 Å². The van der Waals surface area contributed by atoms with Crippen LogP contribution in [0.2, 0.25) is 0 Å². The number of rotatable bonds is 5. The molecular formula is C16H16N2O3. The van der Waals surface area contributed by atoms with Gasteiger partial charge < -0.3 is 9.47 Å². The fourth-order valence-corrected chi connectivity index (χ4v) is 1.63. The average Bonchev–Trinajstić information content (AvgIpc) is 2.49. The first-order chi connectivity index (χ1) is 10.2. The second-order valence-electron chi connectivity index (χ2n) is 4.26. The molecule has 0 radical (unpaired) electrons. The topological polar surface area (TPSA) is 59.9 Å². The molecule has 2 aromatic carbocycles. The summed E-state index contributed by atoms with van der Waals surface area (Å²) in [5.41, 5.74) is 4.68. The lowest BCUT2D eigenvalue weighted by atomic mass is 10.2. The Morgan fingerprint density at radius 1 is 1.05 bits per heavy atom. The third-order valence-corrected chi connectivity index (χ3v) is 2.64. The predicted octanol–water partition coefficient (Wildman–Crippen LogP) is 3.07. The summed E-state index contributed by atoms with van der Waals surface area (Å²) in [5, 5.41) is 4.13. The highest BCUT2D eigenvalue weighted by molar-refractivity contribution is 5.80. The first kappa shape index (κ1) is 14.6. The van der Waals surface area contributed by atoms with Crippen molar-refractivity contribution < 1.29 is 14.3 Å². The van der Waals surface area contributed by atoms with E-state index in [4.69, 9.17) is 9.47 Å². The van der Waals surface area contributed by atoms with Crippen molar-refractivity contribution in [2.24, 2.45) is 5.10 Å². The van der Waals surface area contributed by atoms with Gasteiger partial charge in [-0.25, -0.2) is 0 Å². The number of esters is 1. The fraction of sp³-hybridized carbons (Fsp3) is 0.125. The van der Waals surface area contributed by atoms with Crippen molar-refractivity contribution in [3.8, 4) is 11.5 Å². The molecule has 0 aliphatic heterocycles. The molecule has 0 aliphatic rings. The Kier molecular flexibility index (Phi) is 4.93. The van der Waals surface area contributed by atoms with E-state index in [1.54, 1.807) is 25.5 Å². The minimum Gasteiger partial charge on any atom is -0.497 e. The number of hydrogen-bond acceptors (Lipinski definition) is 5. The number of hydrogen-bond donors (Lipinski definition) is 1. The number of carbonyl (C=O) groups is 1. The number of anilines is 1. The SMILES string of the molecule is COc1ccc(N/N=C/c2ccc(OC(C)=O)cc2)cc1. The first-order valence-electron chi connectivity index (χ1n) is 6.39. The summed E-state index contributed by atoms with van der Waals surface area (Å²) in [6, 6.07) is 14.5. The monoisotopic (exact) mass is 284 g/mol. The molecule has 2 rings (SSSR count). The Balaban J connectivity index is 1.92. The smallest absolute Gasteiger partial charge is 0.308 e. The van der Waals surface area contributed by atoms with Gasteiger partial charge in [-0.1, -0.05) is 0 Å². The van der Waals surface area contributed by atoms with Crippen molar-refractivity contribution >= 4 is 17.9 Å². The second kappa shape index (κ2) is 7.09. The van der Waals surface area contributed by atoms with Gasteiger partial charge in [0.05, 0.1) is 19.0 Å². The summed E-state index contributed by atoms with van der Waals surface area (Å²) in [5.74, 6) is 0.978. The molecule has 108 valence electrons. The average molecular weight is 284 g/mol. The highest BCUT2D eigenvalue weighted by Gasteiger charge is 1.97. The number of benzene rings is 2. The molecule has 2 aromatic rings. The molecule has 0 spiro atoms. The third-order valence-electron chi connectivity index (χ3n) is 2.64. The van der Waals surface area contributed by atoms with Gasteiger partial charge in [-0.2, -0.15) is 5.10 Å². The summed E-state index contributed by atoms with van der Waals surface area (Å²) < 4.78 is 10.0. The van der Waals surface area contributed by atoms with Crippen LogP contribution in [0.5, 0.6) is 11.5 Å². The van der Waals surface area contributed by atoms with E-state index >= 15 is 0 Å². The van der Waals surface area contributed by atoms with Gasteiger partial charge in [0.15, 0.2) is 0 Å². The molecule has 0 unspecified atom stereocenters. The van der Waals surface area contributed by atoms with E-state index in [1.165, 1.54) is 6.92 Å². The Morgan fingerprint density at radius 2 is 1.67 bits per heavy atom. The summed E-state index contributed by atoms with van der Waals surface area (Å²) >= 11 is 0. The summed E-state index contributed by atoms with van der Waals surface area (Å²) in [7, 11) is 1.63. The molecule has 21 heavy (non-hydrogen) atoms. The lowest BCUT2D eigenvalue weighted by Crippen LogP contribution is -2.01. The van der Waals surface area contributed by atoms with Crippen LogP contribution in [-0.2, 0) is 4.79 Å². The quantitative estimate of drug-likeness (QED) is 0.397. The summed E-state index contributed by atoms with van der Waals surface area (Å²) in [6.07, 6.45) is 1.68. The van der Waals surface area contributed by atoms with E-state index in [2.05, 4.69) is 10.5 Å². The summed E-state index contributed by atoms with van der Waals surface area (Å²) in [4.78, 5) is 10.8. The lowest BCUT2D eigenvalue weighted by Gasteiger charge is -2.03. The Bertz CT molecular complexity index is 619. The number of methoxy groups -OCH3 is 1. The normalized spacial score (nSPS) is 10.4. The van der Waals surface area contributed by atoms with Crippen LogP contribution in [0.25, 0.3) is 0 Å². The summed E-state index contributed by atoms with van der Waals surface area (Å²) in [6.45, 7) is 1.37. The first-order valence-corrected chi connectivity index (χ1v) is 6.39. The van der Waals surface area contributed by atoms with Crippen molar-refractivity contribution in [3.05, 3.63) is 54.1 Å². The molecule has 0 atom stereocenters. The van der Waals surface area contributed by atoms with E-state index in [0.29, 0.717) is 5.75 Å². The number of nitrogens with zero attached hydrogens (tertiary/aromatic N) is 1. The molecule has 0 saturated heterocycles. The number of nitrogens with one attached hydrogen (secondary N) is 1. The van der Waals surface area contributed by atoms with Crippen molar-refractivity contribution in [1.82, 2.24) is 0 Å². The predicted molar refractivity (Wildman–Crippen MR) is 82.0 cm³/mol. The zero-order valence-electron chi connectivity index (χ0n) is 11.9. The highest BCUT2D eigenvalue weighted by Crippen LogP contribution is 2.15. The Morgan fingerprint density at radius 3 is 2.24 bits per heavy atom. The van der Waals surface area contributed by atoms with E-state index in [-0.39, 0.29) is 5.97 Å². The van der Waals surface area contributed by atoms with Gasteiger partial charge in [0.2, 0.25) is 0 Å². The zero-order chi connectivity index (χ0) is 15.1. The minimum atomic E-state index is -0.336. The van der Waals surface area contributed by atoms with Gasteiger partial charge in [0.25, 0.3) is 0 Å². The molecule has 0 saturated carbocycles. The van der Waals surface area contributed by atoms with Crippen LogP contribution < -0.4 is 14.9 Å². The Labute approximate surface area is 123 Å². The zero-order valence-corrected chi connectivity index (χ0v) is 11.9. The van der Waals surface area contributed by atoms with Gasteiger partial charge in [0, 0.05) is 6.92 Å². The maximum atomic E-state index is 10.8. The van der Waals surface area contributed by atoms with Crippen molar-refractivity contribution in [2.45, 2.75) is 6.92 Å². The van der Waals surface area contributed by atoms with Gasteiger partial charge in [-0.15, -0.1) is 0 Å². The van der Waals surface area contributed by atoms with E-state index < -0.39 is 0 Å². The molecule has 0 amide bonds. The van der Waals surface area contributed by atoms with Crippen LogP contribution in [0.3, 0.4) is 0 Å². The molecule has 0 heterocycles. The maximum absolute atomic E-state index is 10.8. The largest absolute Gasteiger partial charge is 0.497 e. The van der Waals surface area contributed by atoms with E-state index in [0.717, 1.165) is 17.0 Å². The lowest BCUT2D eigenvalue weighted by molar-refractivity contribution is -0.131. The van der Waals surface area contributed by atoms with Crippen LogP contribution in [0.4, 0.5) is 5.69 Å². The van der Waals surface area contributed by atoms with Crippen LogP contribution in [-0.4, -0.2) is 19.3 Å². The molecule has 0 bridgehead atoms. The minimum absolute atomic E-state index is 0.336. The number of carbonyl (C=O) groups excluding carboxylic acids is 1. The van der Waals surface area contributed by atoms with Gasteiger partial charge >= 0.3 is 5.97 Å². The van der Waals surface area contributed by atoms with Crippen molar-refractivity contribution in [2.75, 3.05) is 12.5 Å². The molecule has 0 aliphatic carbocycles. The van der Waals surface area contributed by atoms with Crippen LogP contribution in [0, 0.1) is 0 Å². The van der Waals surface area contributed by atoms with Gasteiger partial charge in [-0.3, -0.25) is 10.2 Å². The third kappa shape index (κ3) is 4.65. The standard InChI is InChI=1S/C16H16N2O3/c1-12(19)21-16-7-3-13(4-8-16)11-17-18-14-5-9-15(20-2)10-6-14/h3-11,18H,1-2H3/b17-11+. The number of hydrazone groups is 1. The molecule has 0 aromatic heterocycles. The molecule has 0 fully saturated rings. The molecule has 5 nitrogen and oxygen atoms in total. The molecule has 5 heteroatoms. The van der Waals surface area contributed by atoms with Gasteiger partial charge in [0.1, 0.15) is 11.5 Å². The number of ether oxygens (including phenoxy) is 2. The van der Waals surface area contributed by atoms with Crippen molar-refractivity contribution in [3.63, 3.8) is 0 Å². The van der Waals surface area contributed by atoms with Crippen molar-refractivity contribution in [1.29, 1.82) is 0 Å². The van der Waals surface area contributed by atoms with E-state index in [1.807, 2.05) is 36.4 Å². The fourth-order valence-electron chi connectivity index (χ4n) is 1.63. The molecular weight excluding hydrogens is 268 g/mol. The van der Waals surface area contributed by atoms with Crippen LogP contribution in [0.15, 0.2) is 53.6 Å². The highest BCUT2D eigenvalue weighted by atomic mass is 16.5. The van der Waals surface area contributed by atoms with Crippen LogP contribution >= 0.6 is 0 Å². The maximum Gasteiger partial charge on any atom is 0.308 e. The van der Waals surface area contributed by atoms with E-state index in [9.17, 15) is 4.79 Å². The Hall–Kier alpha value is -2.82.